The zero-order chi connectivity index (χ0) is 14.0. The lowest BCUT2D eigenvalue weighted by Gasteiger charge is -2.29. The highest BCUT2D eigenvalue weighted by molar-refractivity contribution is 7.20. The molecule has 1 aromatic heterocycles. The molecule has 0 aliphatic heterocycles. The van der Waals surface area contributed by atoms with Gasteiger partial charge in [0.05, 0.1) is 22.9 Å². The zero-order valence-corrected chi connectivity index (χ0v) is 12.1. The molecule has 1 aromatic carbocycles. The molecular formula is C14H18N2O2S. The molecular weight excluding hydrogens is 260 g/mol. The van der Waals surface area contributed by atoms with Crippen LogP contribution in [0.2, 0.25) is 0 Å². The van der Waals surface area contributed by atoms with Gasteiger partial charge in [-0.15, -0.1) is 11.3 Å². The van der Waals surface area contributed by atoms with Crippen LogP contribution in [0, 0.1) is 5.41 Å². The number of fused-ring (bicyclic) bond motifs is 1. The van der Waals surface area contributed by atoms with E-state index in [0.29, 0.717) is 5.01 Å². The van der Waals surface area contributed by atoms with Gasteiger partial charge in [0.2, 0.25) is 0 Å². The summed E-state index contributed by atoms with van der Waals surface area (Å²) >= 11 is 1.36. The number of rotatable bonds is 3. The molecule has 0 saturated carbocycles. The van der Waals surface area contributed by atoms with Gasteiger partial charge in [0, 0.05) is 0 Å². The number of nitrogens with one attached hydrogen (secondary N) is 1. The van der Waals surface area contributed by atoms with E-state index in [4.69, 9.17) is 0 Å². The van der Waals surface area contributed by atoms with Crippen LogP contribution in [-0.4, -0.2) is 28.6 Å². The van der Waals surface area contributed by atoms with Crippen molar-refractivity contribution in [3.05, 3.63) is 29.3 Å². The molecule has 1 unspecified atom stereocenters. The largest absolute Gasteiger partial charge is 0.394 e. The number of carbonyl (C=O) groups excluding carboxylic acids is 1. The Balaban J connectivity index is 2.19. The minimum absolute atomic E-state index is 0.0832. The van der Waals surface area contributed by atoms with Crippen LogP contribution in [0.25, 0.3) is 10.2 Å². The molecule has 102 valence electrons. The highest BCUT2D eigenvalue weighted by Crippen LogP contribution is 2.23. The van der Waals surface area contributed by atoms with E-state index in [0.717, 1.165) is 10.2 Å². The molecule has 0 bridgehead atoms. The third-order valence-electron chi connectivity index (χ3n) is 3.02. The topological polar surface area (TPSA) is 62.2 Å². The number of thiazole rings is 1. The second kappa shape index (κ2) is 5.27. The number of benzene rings is 1. The molecule has 2 N–H and O–H groups in total. The average Bonchev–Trinajstić information content (AvgIpc) is 2.77. The fourth-order valence-electron chi connectivity index (χ4n) is 1.73. The smallest absolute Gasteiger partial charge is 0.280 e. The number of para-hydroxylation sites is 1. The lowest BCUT2D eigenvalue weighted by molar-refractivity contribution is 0.0848. The first-order valence-corrected chi connectivity index (χ1v) is 7.01. The Morgan fingerprint density at radius 2 is 2.11 bits per heavy atom. The molecule has 1 amide bonds. The van der Waals surface area contributed by atoms with E-state index in [1.807, 2.05) is 45.0 Å². The maximum Gasteiger partial charge on any atom is 0.280 e. The molecule has 0 radical (unpaired) electrons. The fraction of sp³-hybridized carbons (Fsp3) is 0.429. The Morgan fingerprint density at radius 3 is 2.68 bits per heavy atom. The van der Waals surface area contributed by atoms with Crippen LogP contribution in [0.3, 0.4) is 0 Å². The third kappa shape index (κ3) is 3.11. The summed E-state index contributed by atoms with van der Waals surface area (Å²) in [5, 5.41) is 12.6. The van der Waals surface area contributed by atoms with E-state index in [-0.39, 0.29) is 24.0 Å². The maximum atomic E-state index is 12.2. The molecule has 2 rings (SSSR count). The summed E-state index contributed by atoms with van der Waals surface area (Å²) in [6.45, 7) is 5.85. The summed E-state index contributed by atoms with van der Waals surface area (Å²) < 4.78 is 0.990. The molecule has 1 atom stereocenters. The van der Waals surface area contributed by atoms with Gasteiger partial charge in [0.15, 0.2) is 5.01 Å². The van der Waals surface area contributed by atoms with Crippen molar-refractivity contribution >= 4 is 27.5 Å². The Labute approximate surface area is 116 Å². The summed E-state index contributed by atoms with van der Waals surface area (Å²) in [5.74, 6) is -0.227. The average molecular weight is 278 g/mol. The minimum Gasteiger partial charge on any atom is -0.394 e. The van der Waals surface area contributed by atoms with Crippen molar-refractivity contribution in [3.8, 4) is 0 Å². The van der Waals surface area contributed by atoms with Gasteiger partial charge in [-0.2, -0.15) is 0 Å². The van der Waals surface area contributed by atoms with Gasteiger partial charge < -0.3 is 10.4 Å². The first-order chi connectivity index (χ1) is 8.91. The zero-order valence-electron chi connectivity index (χ0n) is 11.3. The molecule has 19 heavy (non-hydrogen) atoms. The van der Waals surface area contributed by atoms with Crippen LogP contribution >= 0.6 is 11.3 Å². The SMILES string of the molecule is CC(C)(C)C(CO)NC(=O)c1nc2ccccc2s1. The van der Waals surface area contributed by atoms with E-state index < -0.39 is 0 Å². The number of aromatic nitrogens is 1. The van der Waals surface area contributed by atoms with Crippen LogP contribution in [0.15, 0.2) is 24.3 Å². The van der Waals surface area contributed by atoms with Crippen molar-refractivity contribution in [1.29, 1.82) is 0 Å². The number of aliphatic hydroxyl groups excluding tert-OH is 1. The molecule has 0 saturated heterocycles. The summed E-state index contributed by atoms with van der Waals surface area (Å²) in [7, 11) is 0. The van der Waals surface area contributed by atoms with Gasteiger partial charge in [-0.3, -0.25) is 4.79 Å². The van der Waals surface area contributed by atoms with E-state index in [1.54, 1.807) is 0 Å². The fourth-order valence-corrected chi connectivity index (χ4v) is 2.59. The second-order valence-electron chi connectivity index (χ2n) is 5.56. The van der Waals surface area contributed by atoms with Crippen LogP contribution in [0.5, 0.6) is 0 Å². The van der Waals surface area contributed by atoms with Gasteiger partial charge in [0.25, 0.3) is 5.91 Å². The van der Waals surface area contributed by atoms with E-state index in [1.165, 1.54) is 11.3 Å². The van der Waals surface area contributed by atoms with Gasteiger partial charge in [-0.25, -0.2) is 4.98 Å². The summed E-state index contributed by atoms with van der Waals surface area (Å²) in [6.07, 6.45) is 0. The molecule has 1 heterocycles. The number of hydrogen-bond donors (Lipinski definition) is 2. The van der Waals surface area contributed by atoms with Crippen LogP contribution in [-0.2, 0) is 0 Å². The van der Waals surface area contributed by atoms with Gasteiger partial charge in [-0.1, -0.05) is 32.9 Å². The summed E-state index contributed by atoms with van der Waals surface area (Å²) in [4.78, 5) is 16.5. The molecule has 4 nitrogen and oxygen atoms in total. The van der Waals surface area contributed by atoms with Crippen molar-refractivity contribution in [2.45, 2.75) is 26.8 Å². The molecule has 0 aliphatic carbocycles. The Kier molecular flexibility index (Phi) is 3.87. The number of hydrogen-bond acceptors (Lipinski definition) is 4. The van der Waals surface area contributed by atoms with Crippen LogP contribution in [0.4, 0.5) is 0 Å². The van der Waals surface area contributed by atoms with Crippen molar-refractivity contribution in [1.82, 2.24) is 10.3 Å². The molecule has 0 aliphatic rings. The Morgan fingerprint density at radius 1 is 1.42 bits per heavy atom. The van der Waals surface area contributed by atoms with Crippen molar-refractivity contribution < 1.29 is 9.90 Å². The Bertz CT molecular complexity index is 553. The molecule has 2 aromatic rings. The second-order valence-corrected chi connectivity index (χ2v) is 6.59. The minimum atomic E-state index is -0.285. The highest BCUT2D eigenvalue weighted by Gasteiger charge is 2.26. The predicted molar refractivity (Wildman–Crippen MR) is 77.4 cm³/mol. The number of amides is 1. The van der Waals surface area contributed by atoms with E-state index in [2.05, 4.69) is 10.3 Å². The standard InChI is InChI=1S/C14H18N2O2S/c1-14(2,3)11(8-17)16-12(18)13-15-9-6-4-5-7-10(9)19-13/h4-7,11,17H,8H2,1-3H3,(H,16,18). The van der Waals surface area contributed by atoms with Crippen molar-refractivity contribution in [2.24, 2.45) is 5.41 Å². The first kappa shape index (κ1) is 14.0. The Hall–Kier alpha value is -1.46. The number of carbonyl (C=O) groups is 1. The van der Waals surface area contributed by atoms with Gasteiger partial charge in [-0.05, 0) is 17.5 Å². The van der Waals surface area contributed by atoms with Crippen molar-refractivity contribution in [3.63, 3.8) is 0 Å². The maximum absolute atomic E-state index is 12.2. The predicted octanol–water partition coefficient (Wildman–Crippen LogP) is 2.43. The molecule has 0 fully saturated rings. The van der Waals surface area contributed by atoms with E-state index in [9.17, 15) is 9.90 Å². The number of aliphatic hydroxyl groups is 1. The lowest BCUT2D eigenvalue weighted by atomic mass is 9.87. The number of nitrogens with zero attached hydrogens (tertiary/aromatic N) is 1. The monoisotopic (exact) mass is 278 g/mol. The molecule has 0 spiro atoms. The van der Waals surface area contributed by atoms with Gasteiger partial charge >= 0.3 is 0 Å². The van der Waals surface area contributed by atoms with Crippen LogP contribution in [0.1, 0.15) is 30.6 Å². The lowest BCUT2D eigenvalue weighted by Crippen LogP contribution is -2.46. The first-order valence-electron chi connectivity index (χ1n) is 6.19. The normalized spacial score (nSPS) is 13.5. The third-order valence-corrected chi connectivity index (χ3v) is 4.06. The van der Waals surface area contributed by atoms with Crippen molar-refractivity contribution in [2.75, 3.05) is 6.61 Å². The van der Waals surface area contributed by atoms with Crippen LogP contribution < -0.4 is 5.32 Å². The van der Waals surface area contributed by atoms with E-state index >= 15 is 0 Å². The molecule has 5 heteroatoms. The summed E-state index contributed by atoms with van der Waals surface area (Å²) in [5.41, 5.74) is 0.634. The highest BCUT2D eigenvalue weighted by atomic mass is 32.1. The van der Waals surface area contributed by atoms with Gasteiger partial charge in [0.1, 0.15) is 0 Å². The summed E-state index contributed by atoms with van der Waals surface area (Å²) in [6, 6.07) is 7.36. The quantitative estimate of drug-likeness (QED) is 0.906.